The predicted molar refractivity (Wildman–Crippen MR) is 92.6 cm³/mol. The van der Waals surface area contributed by atoms with E-state index in [-0.39, 0.29) is 28.8 Å². The zero-order valence-corrected chi connectivity index (χ0v) is 15.2. The van der Waals surface area contributed by atoms with Gasteiger partial charge in [0, 0.05) is 6.61 Å². The molecule has 0 aliphatic heterocycles. The molecule has 0 spiro atoms. The van der Waals surface area contributed by atoms with E-state index < -0.39 is 6.10 Å². The Labute approximate surface area is 136 Å². The Morgan fingerprint density at radius 1 is 1.32 bits per heavy atom. The summed E-state index contributed by atoms with van der Waals surface area (Å²) in [6.45, 7) is 13.7. The van der Waals surface area contributed by atoms with E-state index >= 15 is 0 Å². The Balaban J connectivity index is 2.47. The maximum absolute atomic E-state index is 10.6. The van der Waals surface area contributed by atoms with Crippen LogP contribution in [0.25, 0.3) is 0 Å². The quantitative estimate of drug-likeness (QED) is 0.752. The van der Waals surface area contributed by atoms with Crippen LogP contribution in [-0.4, -0.2) is 22.9 Å². The van der Waals surface area contributed by atoms with Crippen LogP contribution < -0.4 is 0 Å². The first-order chi connectivity index (χ1) is 10.1. The summed E-state index contributed by atoms with van der Waals surface area (Å²) in [5, 5.41) is 20.6. The lowest BCUT2D eigenvalue weighted by atomic mass is 9.48. The predicted octanol–water partition coefficient (Wildman–Crippen LogP) is 4.47. The van der Waals surface area contributed by atoms with Gasteiger partial charge in [0.1, 0.15) is 0 Å². The first-order valence-corrected chi connectivity index (χ1v) is 8.72. The van der Waals surface area contributed by atoms with Gasteiger partial charge in [-0.05, 0) is 61.7 Å². The first-order valence-electron chi connectivity index (χ1n) is 8.72. The van der Waals surface area contributed by atoms with Gasteiger partial charge in [0.05, 0.1) is 6.10 Å². The molecular formula is C20H34O2. The molecule has 0 radical (unpaired) electrons. The molecule has 0 aromatic heterocycles. The smallest absolute Gasteiger partial charge is 0.0728 e. The van der Waals surface area contributed by atoms with Crippen molar-refractivity contribution >= 4 is 0 Å². The summed E-state index contributed by atoms with van der Waals surface area (Å²) in [5.74, 6) is 0.237. The molecule has 2 aliphatic rings. The van der Waals surface area contributed by atoms with Gasteiger partial charge in [0.2, 0.25) is 0 Å². The average Bonchev–Trinajstić information content (AvgIpc) is 2.59. The van der Waals surface area contributed by atoms with E-state index in [9.17, 15) is 10.2 Å². The lowest BCUT2D eigenvalue weighted by Gasteiger charge is -2.56. The summed E-state index contributed by atoms with van der Waals surface area (Å²) >= 11 is 0. The second kappa shape index (κ2) is 5.79. The first kappa shape index (κ1) is 17.7. The standard InChI is InChI=1S/C20H34O2/c1-14(2)10-17(22)12-19(5)16(13-21)11-15-8-7-9-18(3,4)20(15,19)6/h8,10,16-17,21-22H,7,9,11-13H2,1-6H3/t16-,17?,19-,20-/m1/s1. The van der Waals surface area contributed by atoms with Crippen LogP contribution >= 0.6 is 0 Å². The molecule has 2 heteroatoms. The van der Waals surface area contributed by atoms with Gasteiger partial charge in [0.25, 0.3) is 0 Å². The molecule has 0 aromatic rings. The van der Waals surface area contributed by atoms with Crippen molar-refractivity contribution in [2.45, 2.75) is 73.3 Å². The Morgan fingerprint density at radius 2 is 1.95 bits per heavy atom. The molecule has 126 valence electrons. The van der Waals surface area contributed by atoms with E-state index in [0.29, 0.717) is 0 Å². The lowest BCUT2D eigenvalue weighted by molar-refractivity contribution is -0.0615. The van der Waals surface area contributed by atoms with Crippen molar-refractivity contribution in [1.82, 2.24) is 0 Å². The van der Waals surface area contributed by atoms with Gasteiger partial charge in [-0.2, -0.15) is 0 Å². The van der Waals surface area contributed by atoms with Gasteiger partial charge >= 0.3 is 0 Å². The zero-order valence-electron chi connectivity index (χ0n) is 15.2. The molecule has 0 heterocycles. The van der Waals surface area contributed by atoms with Crippen molar-refractivity contribution in [2.24, 2.45) is 22.2 Å². The normalized spacial score (nSPS) is 38.2. The van der Waals surface area contributed by atoms with Crippen LogP contribution in [0.5, 0.6) is 0 Å². The Morgan fingerprint density at radius 3 is 2.50 bits per heavy atom. The van der Waals surface area contributed by atoms with E-state index in [1.54, 1.807) is 0 Å². The summed E-state index contributed by atoms with van der Waals surface area (Å²) in [4.78, 5) is 0. The third-order valence-electron chi connectivity index (χ3n) is 7.04. The fourth-order valence-electron chi connectivity index (χ4n) is 5.34. The summed E-state index contributed by atoms with van der Waals surface area (Å²) in [6.07, 6.45) is 7.96. The maximum atomic E-state index is 10.6. The number of rotatable bonds is 4. The van der Waals surface area contributed by atoms with E-state index in [1.807, 2.05) is 19.9 Å². The molecule has 4 atom stereocenters. The van der Waals surface area contributed by atoms with E-state index in [4.69, 9.17) is 0 Å². The summed E-state index contributed by atoms with van der Waals surface area (Å²) in [5.41, 5.74) is 2.82. The van der Waals surface area contributed by atoms with Gasteiger partial charge in [-0.25, -0.2) is 0 Å². The highest BCUT2D eigenvalue weighted by Crippen LogP contribution is 2.70. The van der Waals surface area contributed by atoms with Crippen molar-refractivity contribution in [1.29, 1.82) is 0 Å². The SMILES string of the molecule is CC(C)=CC(O)C[C@]1(C)[C@@H](CO)CC2=CCCC(C)(C)[C@@]21C. The largest absolute Gasteiger partial charge is 0.396 e. The highest BCUT2D eigenvalue weighted by Gasteiger charge is 2.63. The molecule has 2 aliphatic carbocycles. The fourth-order valence-corrected chi connectivity index (χ4v) is 5.34. The Hall–Kier alpha value is -0.600. The monoisotopic (exact) mass is 306 g/mol. The van der Waals surface area contributed by atoms with E-state index in [2.05, 4.69) is 33.8 Å². The molecule has 0 bridgehead atoms. The molecule has 22 heavy (non-hydrogen) atoms. The van der Waals surface area contributed by atoms with Crippen molar-refractivity contribution in [3.63, 3.8) is 0 Å². The fraction of sp³-hybridized carbons (Fsp3) is 0.800. The maximum Gasteiger partial charge on any atom is 0.0728 e. The molecule has 0 aromatic carbocycles. The van der Waals surface area contributed by atoms with Gasteiger partial charge in [-0.15, -0.1) is 0 Å². The summed E-state index contributed by atoms with van der Waals surface area (Å²) < 4.78 is 0. The second-order valence-electron chi connectivity index (χ2n) is 8.79. The molecule has 1 saturated carbocycles. The van der Waals surface area contributed by atoms with Gasteiger partial charge in [-0.3, -0.25) is 0 Å². The molecule has 2 nitrogen and oxygen atoms in total. The highest BCUT2D eigenvalue weighted by atomic mass is 16.3. The van der Waals surface area contributed by atoms with Crippen LogP contribution in [0.15, 0.2) is 23.3 Å². The minimum Gasteiger partial charge on any atom is -0.396 e. The third-order valence-corrected chi connectivity index (χ3v) is 7.04. The number of allylic oxidation sites excluding steroid dienone is 3. The van der Waals surface area contributed by atoms with Crippen molar-refractivity contribution in [3.05, 3.63) is 23.3 Å². The average molecular weight is 306 g/mol. The van der Waals surface area contributed by atoms with Crippen LogP contribution in [0.2, 0.25) is 0 Å². The number of aliphatic hydroxyl groups excluding tert-OH is 2. The van der Waals surface area contributed by atoms with Crippen LogP contribution in [0.4, 0.5) is 0 Å². The Bertz CT molecular complexity index is 484. The third kappa shape index (κ3) is 2.49. The number of hydrogen-bond acceptors (Lipinski definition) is 2. The van der Waals surface area contributed by atoms with Crippen LogP contribution in [0.3, 0.4) is 0 Å². The highest BCUT2D eigenvalue weighted by molar-refractivity contribution is 5.32. The van der Waals surface area contributed by atoms with E-state index in [1.165, 1.54) is 12.0 Å². The van der Waals surface area contributed by atoms with Crippen LogP contribution in [0.1, 0.15) is 67.2 Å². The molecular weight excluding hydrogens is 272 g/mol. The molecule has 2 N–H and O–H groups in total. The lowest BCUT2D eigenvalue weighted by Crippen LogP contribution is -2.50. The molecule has 0 saturated heterocycles. The molecule has 1 fully saturated rings. The van der Waals surface area contributed by atoms with Gasteiger partial charge in [0.15, 0.2) is 0 Å². The van der Waals surface area contributed by atoms with Crippen molar-refractivity contribution in [3.8, 4) is 0 Å². The minimum absolute atomic E-state index is 0.0438. The second-order valence-corrected chi connectivity index (χ2v) is 8.79. The van der Waals surface area contributed by atoms with Gasteiger partial charge < -0.3 is 10.2 Å². The van der Waals surface area contributed by atoms with Gasteiger partial charge in [-0.1, -0.05) is 51.0 Å². The minimum atomic E-state index is -0.432. The van der Waals surface area contributed by atoms with Crippen molar-refractivity contribution in [2.75, 3.05) is 6.61 Å². The van der Waals surface area contributed by atoms with E-state index in [0.717, 1.165) is 24.8 Å². The van der Waals surface area contributed by atoms with Crippen LogP contribution in [-0.2, 0) is 0 Å². The number of aliphatic hydroxyl groups is 2. The number of hydrogen-bond donors (Lipinski definition) is 2. The van der Waals surface area contributed by atoms with Crippen molar-refractivity contribution < 1.29 is 10.2 Å². The summed E-state index contributed by atoms with van der Waals surface area (Å²) in [7, 11) is 0. The Kier molecular flexibility index (Phi) is 4.68. The zero-order chi connectivity index (χ0) is 16.8. The molecule has 1 unspecified atom stereocenters. The molecule has 0 amide bonds. The topological polar surface area (TPSA) is 40.5 Å². The summed E-state index contributed by atoms with van der Waals surface area (Å²) in [6, 6.07) is 0. The molecule has 2 rings (SSSR count). The van der Waals surface area contributed by atoms with Crippen LogP contribution in [0, 0.1) is 22.2 Å². The number of fused-ring (bicyclic) bond motifs is 1.